The molecule has 0 saturated carbocycles. The Morgan fingerprint density at radius 3 is 2.29 bits per heavy atom. The molecule has 1 unspecified atom stereocenters. The summed E-state index contributed by atoms with van der Waals surface area (Å²) in [5.74, 6) is 1.02. The number of nitrogens with two attached hydrogens (primary N) is 1. The van der Waals surface area contributed by atoms with Crippen molar-refractivity contribution < 1.29 is 9.59 Å². The Kier molecular flexibility index (Phi) is 9.08. The van der Waals surface area contributed by atoms with Crippen LogP contribution < -0.4 is 16.4 Å². The van der Waals surface area contributed by atoms with E-state index < -0.39 is 6.04 Å². The third-order valence-corrected chi connectivity index (χ3v) is 3.99. The molecule has 2 rings (SSSR count). The number of nitrogens with zero attached hydrogens (tertiary/aromatic N) is 2. The average Bonchev–Trinajstić information content (AvgIpc) is 3.08. The second kappa shape index (κ2) is 10.8. The van der Waals surface area contributed by atoms with E-state index in [1.165, 1.54) is 0 Å². The van der Waals surface area contributed by atoms with Crippen molar-refractivity contribution in [3.05, 3.63) is 30.1 Å². The Balaban J connectivity index is 0.00000392. The lowest BCUT2D eigenvalue weighted by Crippen LogP contribution is -2.47. The van der Waals surface area contributed by atoms with Gasteiger partial charge in [-0.15, -0.1) is 12.4 Å². The first-order valence-corrected chi connectivity index (χ1v) is 9.12. The summed E-state index contributed by atoms with van der Waals surface area (Å²) in [6.45, 7) is 8.04. The van der Waals surface area contributed by atoms with Crippen molar-refractivity contribution >= 4 is 29.9 Å². The van der Waals surface area contributed by atoms with Gasteiger partial charge in [-0.1, -0.05) is 27.7 Å². The number of carbonyl (C=O) groups is 2. The summed E-state index contributed by atoms with van der Waals surface area (Å²) in [5, 5.41) is 12.6. The molecule has 1 atom stereocenters. The molecule has 28 heavy (non-hydrogen) atoms. The van der Waals surface area contributed by atoms with Crippen LogP contribution in [0, 0.1) is 11.8 Å². The maximum atomic E-state index is 12.6. The van der Waals surface area contributed by atoms with E-state index in [9.17, 15) is 9.59 Å². The molecule has 0 radical (unpaired) electrons. The molecule has 1 aromatic heterocycles. The van der Waals surface area contributed by atoms with E-state index in [0.29, 0.717) is 30.3 Å². The molecule has 0 spiro atoms. The third-order valence-electron chi connectivity index (χ3n) is 3.99. The van der Waals surface area contributed by atoms with Gasteiger partial charge in [0.05, 0.1) is 6.54 Å². The third kappa shape index (κ3) is 6.61. The van der Waals surface area contributed by atoms with Gasteiger partial charge in [-0.2, -0.15) is 5.10 Å². The normalized spacial score (nSPS) is 11.8. The molecule has 1 aromatic carbocycles. The monoisotopic (exact) mass is 408 g/mol. The molecule has 0 fully saturated rings. The van der Waals surface area contributed by atoms with E-state index in [1.54, 1.807) is 12.1 Å². The van der Waals surface area contributed by atoms with Gasteiger partial charge < -0.3 is 16.4 Å². The summed E-state index contributed by atoms with van der Waals surface area (Å²) in [4.78, 5) is 28.9. The number of anilines is 1. The van der Waals surface area contributed by atoms with Gasteiger partial charge in [0.25, 0.3) is 0 Å². The highest BCUT2D eigenvalue weighted by Gasteiger charge is 2.24. The van der Waals surface area contributed by atoms with Crippen molar-refractivity contribution in [2.45, 2.75) is 46.7 Å². The first-order valence-electron chi connectivity index (χ1n) is 9.12. The summed E-state index contributed by atoms with van der Waals surface area (Å²) >= 11 is 0. The predicted octanol–water partition coefficient (Wildman–Crippen LogP) is 2.48. The number of hydrogen-bond donors (Lipinski definition) is 4. The highest BCUT2D eigenvalue weighted by molar-refractivity contribution is 5.97. The molecule has 2 aromatic rings. The fourth-order valence-electron chi connectivity index (χ4n) is 2.58. The lowest BCUT2D eigenvalue weighted by atomic mass is 10.0. The molecular formula is C19H29ClN6O2. The van der Waals surface area contributed by atoms with Crippen molar-refractivity contribution in [3.63, 3.8) is 0 Å². The molecule has 1 heterocycles. The second-order valence-electron chi connectivity index (χ2n) is 7.26. The minimum Gasteiger partial charge on any atom is -0.344 e. The van der Waals surface area contributed by atoms with E-state index >= 15 is 0 Å². The van der Waals surface area contributed by atoms with Gasteiger partial charge in [-0.25, -0.2) is 4.98 Å². The maximum Gasteiger partial charge on any atom is 0.247 e. The first-order chi connectivity index (χ1) is 12.8. The number of halogens is 1. The highest BCUT2D eigenvalue weighted by Crippen LogP contribution is 2.18. The summed E-state index contributed by atoms with van der Waals surface area (Å²) in [6.07, 6.45) is 0.395. The van der Waals surface area contributed by atoms with E-state index in [-0.39, 0.29) is 36.1 Å². The molecule has 0 aliphatic heterocycles. The number of carbonyl (C=O) groups excluding carboxylic acids is 2. The maximum absolute atomic E-state index is 12.6. The number of benzene rings is 1. The molecule has 5 N–H and O–H groups in total. The summed E-state index contributed by atoms with van der Waals surface area (Å²) < 4.78 is 0. The van der Waals surface area contributed by atoms with E-state index in [4.69, 9.17) is 5.73 Å². The SMILES string of the molecule is CC(C)CC(=O)NC(C(=O)Nc1ccc(-c2n[nH]c(CN)n2)cc1)C(C)C.Cl. The van der Waals surface area contributed by atoms with Crippen LogP contribution in [0.25, 0.3) is 11.4 Å². The quantitative estimate of drug-likeness (QED) is 0.533. The van der Waals surface area contributed by atoms with Crippen LogP contribution in [0.5, 0.6) is 0 Å². The Labute approximate surface area is 171 Å². The predicted molar refractivity (Wildman–Crippen MR) is 112 cm³/mol. The summed E-state index contributed by atoms with van der Waals surface area (Å²) in [5.41, 5.74) is 6.98. The lowest BCUT2D eigenvalue weighted by molar-refractivity contribution is -0.127. The average molecular weight is 409 g/mol. The van der Waals surface area contributed by atoms with Crippen LogP contribution in [0.2, 0.25) is 0 Å². The number of nitrogens with one attached hydrogen (secondary N) is 3. The Bertz CT molecular complexity index is 773. The topological polar surface area (TPSA) is 126 Å². The fourth-order valence-corrected chi connectivity index (χ4v) is 2.58. The molecule has 0 bridgehead atoms. The van der Waals surface area contributed by atoms with Crippen LogP contribution in [-0.4, -0.2) is 33.0 Å². The van der Waals surface area contributed by atoms with Crippen molar-refractivity contribution in [1.82, 2.24) is 20.5 Å². The Morgan fingerprint density at radius 1 is 1.14 bits per heavy atom. The number of aromatic amines is 1. The lowest BCUT2D eigenvalue weighted by Gasteiger charge is -2.22. The Hall–Kier alpha value is -2.45. The van der Waals surface area contributed by atoms with Crippen LogP contribution >= 0.6 is 12.4 Å². The van der Waals surface area contributed by atoms with Crippen molar-refractivity contribution in [1.29, 1.82) is 0 Å². The van der Waals surface area contributed by atoms with Gasteiger partial charge in [0, 0.05) is 17.7 Å². The molecule has 154 valence electrons. The highest BCUT2D eigenvalue weighted by atomic mass is 35.5. The molecular weight excluding hydrogens is 380 g/mol. The summed E-state index contributed by atoms with van der Waals surface area (Å²) in [7, 11) is 0. The smallest absolute Gasteiger partial charge is 0.247 e. The van der Waals surface area contributed by atoms with Gasteiger partial charge in [0.15, 0.2) is 5.82 Å². The summed E-state index contributed by atoms with van der Waals surface area (Å²) in [6, 6.07) is 6.61. The van der Waals surface area contributed by atoms with Crippen LogP contribution in [0.1, 0.15) is 39.9 Å². The molecule has 0 saturated heterocycles. The zero-order valence-corrected chi connectivity index (χ0v) is 17.5. The van der Waals surface area contributed by atoms with E-state index in [2.05, 4.69) is 25.8 Å². The Morgan fingerprint density at radius 2 is 1.79 bits per heavy atom. The van der Waals surface area contributed by atoms with Crippen molar-refractivity contribution in [2.24, 2.45) is 17.6 Å². The van der Waals surface area contributed by atoms with Gasteiger partial charge in [-0.05, 0) is 36.1 Å². The number of hydrogen-bond acceptors (Lipinski definition) is 5. The van der Waals surface area contributed by atoms with Crippen LogP contribution in [0.3, 0.4) is 0 Å². The van der Waals surface area contributed by atoms with E-state index in [1.807, 2.05) is 39.8 Å². The standard InChI is InChI=1S/C19H28N6O2.ClH/c1-11(2)9-16(26)23-17(12(3)4)19(27)21-14-7-5-13(6-8-14)18-22-15(10-20)24-25-18;/h5-8,11-12,17H,9-10,20H2,1-4H3,(H,21,27)(H,23,26)(H,22,24,25);1H. The van der Waals surface area contributed by atoms with Crippen LogP contribution in [0.15, 0.2) is 24.3 Å². The second-order valence-corrected chi connectivity index (χ2v) is 7.26. The van der Waals surface area contributed by atoms with Gasteiger partial charge >= 0.3 is 0 Å². The van der Waals surface area contributed by atoms with Crippen molar-refractivity contribution in [3.8, 4) is 11.4 Å². The molecule has 8 nitrogen and oxygen atoms in total. The first kappa shape index (κ1) is 23.6. The van der Waals surface area contributed by atoms with Crippen molar-refractivity contribution in [2.75, 3.05) is 5.32 Å². The number of amides is 2. The number of aromatic nitrogens is 3. The van der Waals surface area contributed by atoms with Gasteiger partial charge in [0.2, 0.25) is 11.8 Å². The molecule has 0 aliphatic rings. The fraction of sp³-hybridized carbons (Fsp3) is 0.474. The van der Waals surface area contributed by atoms with Crippen LogP contribution in [0.4, 0.5) is 5.69 Å². The molecule has 2 amide bonds. The zero-order chi connectivity index (χ0) is 20.0. The largest absolute Gasteiger partial charge is 0.344 e. The van der Waals surface area contributed by atoms with Gasteiger partial charge in [-0.3, -0.25) is 14.7 Å². The molecule has 0 aliphatic carbocycles. The van der Waals surface area contributed by atoms with Crippen LogP contribution in [-0.2, 0) is 16.1 Å². The zero-order valence-electron chi connectivity index (χ0n) is 16.7. The van der Waals surface area contributed by atoms with Gasteiger partial charge in [0.1, 0.15) is 11.9 Å². The number of H-pyrrole nitrogens is 1. The molecule has 9 heteroatoms. The minimum absolute atomic E-state index is 0. The minimum atomic E-state index is -0.587. The number of rotatable bonds is 8. The van der Waals surface area contributed by atoms with E-state index in [0.717, 1.165) is 5.56 Å².